The first-order chi connectivity index (χ1) is 10.2. The molecule has 2 aliphatic heterocycles. The van der Waals surface area contributed by atoms with E-state index in [1.54, 1.807) is 6.07 Å². The topological polar surface area (TPSA) is 39.1 Å². The minimum absolute atomic E-state index is 0.310. The van der Waals surface area contributed by atoms with Gasteiger partial charge in [-0.3, -0.25) is 4.90 Å². The Morgan fingerprint density at radius 1 is 1.29 bits per heavy atom. The molecule has 0 saturated carbocycles. The second-order valence-electron chi connectivity index (χ2n) is 6.55. The third-order valence-electron chi connectivity index (χ3n) is 4.79. The Balaban J connectivity index is 1.70. The average Bonchev–Trinajstić information content (AvgIpc) is 2.47. The first kappa shape index (κ1) is 14.5. The summed E-state index contributed by atoms with van der Waals surface area (Å²) in [6.45, 7) is 5.14. The van der Waals surface area contributed by atoms with Gasteiger partial charge in [-0.05, 0) is 68.0 Å². The van der Waals surface area contributed by atoms with Crippen molar-refractivity contribution in [2.75, 3.05) is 26.2 Å². The van der Waals surface area contributed by atoms with Gasteiger partial charge in [0.2, 0.25) is 0 Å². The van der Waals surface area contributed by atoms with E-state index in [1.165, 1.54) is 31.7 Å². The van der Waals surface area contributed by atoms with Crippen LogP contribution in [0.25, 0.3) is 0 Å². The lowest BCUT2D eigenvalue weighted by Gasteiger charge is -2.45. The van der Waals surface area contributed by atoms with Crippen LogP contribution in [0, 0.1) is 22.6 Å². The molecule has 1 aromatic carbocycles. The smallest absolute Gasteiger partial charge is 0.124 e. The highest BCUT2D eigenvalue weighted by molar-refractivity contribution is 5.33. The van der Waals surface area contributed by atoms with E-state index in [0.29, 0.717) is 11.0 Å². The zero-order valence-corrected chi connectivity index (χ0v) is 12.4. The Labute approximate surface area is 125 Å². The van der Waals surface area contributed by atoms with Crippen molar-refractivity contribution in [1.82, 2.24) is 10.2 Å². The lowest BCUT2D eigenvalue weighted by atomic mass is 9.74. The summed E-state index contributed by atoms with van der Waals surface area (Å²) in [4.78, 5) is 2.42. The molecule has 0 aromatic heterocycles. The molecule has 1 N–H and O–H groups in total. The number of halogens is 1. The highest BCUT2D eigenvalue weighted by atomic mass is 19.1. The van der Waals surface area contributed by atoms with Crippen LogP contribution < -0.4 is 5.32 Å². The summed E-state index contributed by atoms with van der Waals surface area (Å²) in [5, 5.41) is 12.5. The monoisotopic (exact) mass is 287 g/mol. The van der Waals surface area contributed by atoms with E-state index in [2.05, 4.69) is 10.2 Å². The lowest BCUT2D eigenvalue weighted by Crippen LogP contribution is -2.50. The van der Waals surface area contributed by atoms with Crippen molar-refractivity contribution in [1.29, 1.82) is 5.26 Å². The maximum absolute atomic E-state index is 13.5. The van der Waals surface area contributed by atoms with Crippen LogP contribution in [0.15, 0.2) is 18.2 Å². The molecular formula is C17H22FN3. The molecule has 4 heteroatoms. The molecule has 0 amide bonds. The lowest BCUT2D eigenvalue weighted by molar-refractivity contribution is 0.0600. The molecule has 3 rings (SSSR count). The van der Waals surface area contributed by atoms with Crippen molar-refractivity contribution in [3.63, 3.8) is 0 Å². The molecular weight excluding hydrogens is 265 g/mol. The van der Waals surface area contributed by atoms with Crippen molar-refractivity contribution in [3.05, 3.63) is 35.1 Å². The van der Waals surface area contributed by atoms with E-state index in [-0.39, 0.29) is 5.82 Å². The fraction of sp³-hybridized carbons (Fsp3) is 0.588. The maximum Gasteiger partial charge on any atom is 0.124 e. The number of likely N-dealkylation sites (tertiary alicyclic amines) is 1. The van der Waals surface area contributed by atoms with E-state index in [1.807, 2.05) is 12.1 Å². The predicted octanol–water partition coefficient (Wildman–Crippen LogP) is 2.66. The van der Waals surface area contributed by atoms with Crippen LogP contribution in [0.5, 0.6) is 0 Å². The van der Waals surface area contributed by atoms with Crippen molar-refractivity contribution in [3.8, 4) is 6.07 Å². The normalized spacial score (nSPS) is 26.7. The molecule has 1 aromatic rings. The molecule has 0 radical (unpaired) electrons. The van der Waals surface area contributed by atoms with Crippen molar-refractivity contribution in [2.24, 2.45) is 5.41 Å². The molecule has 21 heavy (non-hydrogen) atoms. The van der Waals surface area contributed by atoms with Gasteiger partial charge in [0.25, 0.3) is 0 Å². The quantitative estimate of drug-likeness (QED) is 0.909. The fourth-order valence-electron chi connectivity index (χ4n) is 3.89. The molecule has 2 aliphatic rings. The van der Waals surface area contributed by atoms with Gasteiger partial charge in [0.1, 0.15) is 5.82 Å². The fourth-order valence-corrected chi connectivity index (χ4v) is 3.89. The molecule has 0 aliphatic carbocycles. The molecule has 1 spiro atoms. The molecule has 2 saturated heterocycles. The summed E-state index contributed by atoms with van der Waals surface area (Å²) < 4.78 is 13.5. The molecule has 1 unspecified atom stereocenters. The first-order valence-electron chi connectivity index (χ1n) is 7.82. The number of benzene rings is 1. The second kappa shape index (κ2) is 6.13. The zero-order valence-electron chi connectivity index (χ0n) is 12.4. The van der Waals surface area contributed by atoms with Gasteiger partial charge in [0.05, 0.1) is 11.6 Å². The van der Waals surface area contributed by atoms with E-state index >= 15 is 0 Å². The maximum atomic E-state index is 13.5. The highest BCUT2D eigenvalue weighted by Gasteiger charge is 2.36. The standard InChI is InChI=1S/C17H22FN3/c18-16-8-14(10-19)7-15(9-16)11-21-6-2-4-17(13-21)3-1-5-20-12-17/h7-9,20H,1-6,11-13H2. The number of nitrogens with one attached hydrogen (secondary N) is 1. The molecule has 0 bridgehead atoms. The zero-order chi connectivity index (χ0) is 14.7. The Kier molecular flexibility index (Phi) is 4.23. The SMILES string of the molecule is N#Cc1cc(F)cc(CN2CCCC3(CCCNC3)C2)c1. The minimum Gasteiger partial charge on any atom is -0.316 e. The van der Waals surface area contributed by atoms with Crippen molar-refractivity contribution in [2.45, 2.75) is 32.2 Å². The van der Waals surface area contributed by atoms with E-state index < -0.39 is 0 Å². The number of nitriles is 1. The highest BCUT2D eigenvalue weighted by Crippen LogP contribution is 2.36. The van der Waals surface area contributed by atoms with Crippen LogP contribution in [0.3, 0.4) is 0 Å². The Hall–Kier alpha value is -1.44. The second-order valence-corrected chi connectivity index (χ2v) is 6.55. The Morgan fingerprint density at radius 3 is 2.90 bits per heavy atom. The average molecular weight is 287 g/mol. The van der Waals surface area contributed by atoms with Crippen LogP contribution in [0.4, 0.5) is 4.39 Å². The van der Waals surface area contributed by atoms with E-state index in [4.69, 9.17) is 5.26 Å². The van der Waals surface area contributed by atoms with Gasteiger partial charge in [-0.15, -0.1) is 0 Å². The van der Waals surface area contributed by atoms with Gasteiger partial charge in [0, 0.05) is 19.6 Å². The van der Waals surface area contributed by atoms with Gasteiger partial charge in [-0.25, -0.2) is 4.39 Å². The summed E-state index contributed by atoms with van der Waals surface area (Å²) >= 11 is 0. The van der Waals surface area contributed by atoms with Gasteiger partial charge in [-0.2, -0.15) is 5.26 Å². The summed E-state index contributed by atoms with van der Waals surface area (Å²) in [5.41, 5.74) is 1.73. The van der Waals surface area contributed by atoms with E-state index in [9.17, 15) is 4.39 Å². The third-order valence-corrected chi connectivity index (χ3v) is 4.79. The van der Waals surface area contributed by atoms with Gasteiger partial charge in [0.15, 0.2) is 0 Å². The van der Waals surface area contributed by atoms with Gasteiger partial charge >= 0.3 is 0 Å². The van der Waals surface area contributed by atoms with Crippen LogP contribution in [0.2, 0.25) is 0 Å². The number of nitrogens with zero attached hydrogens (tertiary/aromatic N) is 2. The van der Waals surface area contributed by atoms with Crippen LogP contribution in [-0.2, 0) is 6.54 Å². The Morgan fingerprint density at radius 2 is 2.14 bits per heavy atom. The number of hydrogen-bond acceptors (Lipinski definition) is 3. The number of hydrogen-bond donors (Lipinski definition) is 1. The summed E-state index contributed by atoms with van der Waals surface area (Å²) in [6, 6.07) is 6.70. The molecule has 112 valence electrons. The minimum atomic E-state index is -0.310. The molecule has 2 heterocycles. The summed E-state index contributed by atoms with van der Waals surface area (Å²) in [6.07, 6.45) is 5.06. The summed E-state index contributed by atoms with van der Waals surface area (Å²) in [5.74, 6) is -0.310. The largest absolute Gasteiger partial charge is 0.316 e. The molecule has 1 atom stereocenters. The van der Waals surface area contributed by atoms with Crippen LogP contribution in [0.1, 0.15) is 36.8 Å². The van der Waals surface area contributed by atoms with Crippen molar-refractivity contribution < 1.29 is 4.39 Å². The molecule has 3 nitrogen and oxygen atoms in total. The van der Waals surface area contributed by atoms with E-state index in [0.717, 1.165) is 38.3 Å². The van der Waals surface area contributed by atoms with Crippen molar-refractivity contribution >= 4 is 0 Å². The summed E-state index contributed by atoms with van der Waals surface area (Å²) in [7, 11) is 0. The van der Waals surface area contributed by atoms with Crippen LogP contribution in [-0.4, -0.2) is 31.1 Å². The molecule has 2 fully saturated rings. The van der Waals surface area contributed by atoms with Gasteiger partial charge < -0.3 is 5.32 Å². The third kappa shape index (κ3) is 3.42. The predicted molar refractivity (Wildman–Crippen MR) is 80.2 cm³/mol. The first-order valence-corrected chi connectivity index (χ1v) is 7.82. The Bertz CT molecular complexity index is 538. The van der Waals surface area contributed by atoms with Crippen LogP contribution >= 0.6 is 0 Å². The number of rotatable bonds is 2. The number of piperidine rings is 2. The van der Waals surface area contributed by atoms with Gasteiger partial charge in [-0.1, -0.05) is 0 Å².